The molecule has 1 aliphatic carbocycles. The van der Waals surface area contributed by atoms with Gasteiger partial charge >= 0.3 is 6.09 Å². The van der Waals surface area contributed by atoms with Gasteiger partial charge in [0, 0.05) is 19.6 Å². The van der Waals surface area contributed by atoms with Crippen molar-refractivity contribution in [3.63, 3.8) is 0 Å². The van der Waals surface area contributed by atoms with Crippen molar-refractivity contribution in [3.05, 3.63) is 0 Å². The van der Waals surface area contributed by atoms with Gasteiger partial charge < -0.3 is 15.0 Å². The Bertz CT molecular complexity index is 268. The number of carbonyl (C=O) groups excluding carboxylic acids is 1. The predicted octanol–water partition coefficient (Wildman–Crippen LogP) is 3.02. The summed E-state index contributed by atoms with van der Waals surface area (Å²) in [5.41, 5.74) is -0.415. The monoisotopic (exact) mass is 270 g/mol. The Labute approximate surface area is 117 Å². The fourth-order valence-corrected chi connectivity index (χ4v) is 2.44. The number of likely N-dealkylation sites (N-methyl/N-ethyl adjacent to an activating group) is 1. The van der Waals surface area contributed by atoms with Gasteiger partial charge in [0.25, 0.3) is 0 Å². The van der Waals surface area contributed by atoms with Crippen molar-refractivity contribution in [1.82, 2.24) is 10.2 Å². The van der Waals surface area contributed by atoms with Crippen molar-refractivity contribution >= 4 is 6.09 Å². The molecule has 0 aromatic carbocycles. The van der Waals surface area contributed by atoms with Crippen molar-refractivity contribution in [2.75, 3.05) is 26.2 Å². The minimum Gasteiger partial charge on any atom is -0.444 e. The highest BCUT2D eigenvalue weighted by Gasteiger charge is 2.21. The molecule has 1 N–H and O–H groups in total. The highest BCUT2D eigenvalue weighted by molar-refractivity contribution is 5.68. The van der Waals surface area contributed by atoms with Gasteiger partial charge in [-0.3, -0.25) is 0 Å². The van der Waals surface area contributed by atoms with E-state index >= 15 is 0 Å². The van der Waals surface area contributed by atoms with E-state index in [-0.39, 0.29) is 6.09 Å². The van der Waals surface area contributed by atoms with Crippen LogP contribution in [0.3, 0.4) is 0 Å². The molecule has 1 amide bonds. The van der Waals surface area contributed by atoms with Gasteiger partial charge in [-0.05, 0) is 53.0 Å². The summed E-state index contributed by atoms with van der Waals surface area (Å²) in [4.78, 5) is 13.7. The molecular formula is C15H30N2O2. The van der Waals surface area contributed by atoms with Gasteiger partial charge in [0.2, 0.25) is 0 Å². The molecule has 4 nitrogen and oxygen atoms in total. The Morgan fingerprint density at radius 1 is 1.32 bits per heavy atom. The number of ether oxygens (including phenoxy) is 1. The largest absolute Gasteiger partial charge is 0.444 e. The van der Waals surface area contributed by atoms with Gasteiger partial charge in [0.1, 0.15) is 5.60 Å². The minimum atomic E-state index is -0.415. The van der Waals surface area contributed by atoms with Crippen molar-refractivity contribution in [3.8, 4) is 0 Å². The standard InChI is InChI=1S/C15H30N2O2/c1-5-17(14(18)19-15(2,3)4)11-10-16-12-13-8-6-7-9-13/h13,16H,5-12H2,1-4H3. The van der Waals surface area contributed by atoms with Gasteiger partial charge in [-0.15, -0.1) is 0 Å². The molecule has 0 saturated heterocycles. The summed E-state index contributed by atoms with van der Waals surface area (Å²) >= 11 is 0. The zero-order valence-electron chi connectivity index (χ0n) is 13.0. The van der Waals surface area contributed by atoms with Crippen LogP contribution in [0, 0.1) is 5.92 Å². The maximum Gasteiger partial charge on any atom is 0.410 e. The van der Waals surface area contributed by atoms with E-state index in [1.165, 1.54) is 25.7 Å². The molecule has 4 heteroatoms. The van der Waals surface area contributed by atoms with E-state index in [1.54, 1.807) is 4.90 Å². The van der Waals surface area contributed by atoms with E-state index in [0.717, 1.165) is 25.6 Å². The minimum absolute atomic E-state index is 0.210. The highest BCUT2D eigenvalue weighted by Crippen LogP contribution is 2.23. The van der Waals surface area contributed by atoms with Crippen molar-refractivity contribution in [1.29, 1.82) is 0 Å². The third-order valence-corrected chi connectivity index (χ3v) is 3.50. The molecule has 1 saturated carbocycles. The normalized spacial score (nSPS) is 16.6. The van der Waals surface area contributed by atoms with Crippen LogP contribution in [0.5, 0.6) is 0 Å². The Balaban J connectivity index is 2.18. The molecule has 0 spiro atoms. The number of nitrogens with one attached hydrogen (secondary N) is 1. The van der Waals surface area contributed by atoms with Crippen LogP contribution >= 0.6 is 0 Å². The zero-order valence-corrected chi connectivity index (χ0v) is 13.0. The molecule has 0 bridgehead atoms. The Morgan fingerprint density at radius 3 is 2.47 bits per heavy atom. The zero-order chi connectivity index (χ0) is 14.3. The van der Waals surface area contributed by atoms with Crippen molar-refractivity contribution < 1.29 is 9.53 Å². The van der Waals surface area contributed by atoms with Crippen LogP contribution in [-0.2, 0) is 4.74 Å². The lowest BCUT2D eigenvalue weighted by molar-refractivity contribution is 0.0262. The second-order valence-electron chi connectivity index (χ2n) is 6.41. The molecule has 0 aromatic heterocycles. The second kappa shape index (κ2) is 7.73. The number of hydrogen-bond donors (Lipinski definition) is 1. The molecule has 0 aliphatic heterocycles. The molecule has 1 fully saturated rings. The van der Waals surface area contributed by atoms with E-state index < -0.39 is 5.60 Å². The van der Waals surface area contributed by atoms with Crippen LogP contribution in [0.2, 0.25) is 0 Å². The van der Waals surface area contributed by atoms with Crippen LogP contribution in [0.4, 0.5) is 4.79 Å². The fourth-order valence-electron chi connectivity index (χ4n) is 2.44. The Kier molecular flexibility index (Phi) is 6.63. The molecule has 112 valence electrons. The first-order valence-electron chi connectivity index (χ1n) is 7.61. The van der Waals surface area contributed by atoms with E-state index in [9.17, 15) is 4.79 Å². The number of hydrogen-bond acceptors (Lipinski definition) is 3. The second-order valence-corrected chi connectivity index (χ2v) is 6.41. The van der Waals surface area contributed by atoms with Crippen LogP contribution in [-0.4, -0.2) is 42.8 Å². The number of nitrogens with zero attached hydrogens (tertiary/aromatic N) is 1. The predicted molar refractivity (Wildman–Crippen MR) is 78.3 cm³/mol. The smallest absolute Gasteiger partial charge is 0.410 e. The van der Waals surface area contributed by atoms with Gasteiger partial charge in [0.05, 0.1) is 0 Å². The maximum atomic E-state index is 11.9. The summed E-state index contributed by atoms with van der Waals surface area (Å²) in [6.45, 7) is 11.0. The summed E-state index contributed by atoms with van der Waals surface area (Å²) in [6, 6.07) is 0. The lowest BCUT2D eigenvalue weighted by atomic mass is 10.1. The Morgan fingerprint density at radius 2 is 1.95 bits per heavy atom. The first-order valence-corrected chi connectivity index (χ1v) is 7.61. The quantitative estimate of drug-likeness (QED) is 0.754. The Hall–Kier alpha value is -0.770. The summed E-state index contributed by atoms with van der Waals surface area (Å²) < 4.78 is 5.38. The van der Waals surface area contributed by atoms with E-state index in [2.05, 4.69) is 5.32 Å². The third kappa shape index (κ3) is 6.81. The van der Waals surface area contributed by atoms with Gasteiger partial charge in [-0.2, -0.15) is 0 Å². The van der Waals surface area contributed by atoms with E-state index in [4.69, 9.17) is 4.74 Å². The first kappa shape index (κ1) is 16.3. The molecule has 0 heterocycles. The maximum absolute atomic E-state index is 11.9. The molecular weight excluding hydrogens is 240 g/mol. The van der Waals surface area contributed by atoms with Gasteiger partial charge in [-0.25, -0.2) is 4.79 Å². The summed E-state index contributed by atoms with van der Waals surface area (Å²) in [5.74, 6) is 0.844. The van der Waals surface area contributed by atoms with E-state index in [0.29, 0.717) is 6.54 Å². The molecule has 1 aliphatic rings. The van der Waals surface area contributed by atoms with Crippen LogP contribution in [0.25, 0.3) is 0 Å². The van der Waals surface area contributed by atoms with Crippen LogP contribution in [0.15, 0.2) is 0 Å². The molecule has 0 radical (unpaired) electrons. The van der Waals surface area contributed by atoms with Gasteiger partial charge in [0.15, 0.2) is 0 Å². The fraction of sp³-hybridized carbons (Fsp3) is 0.933. The molecule has 0 unspecified atom stereocenters. The molecule has 0 atom stereocenters. The molecule has 19 heavy (non-hydrogen) atoms. The van der Waals surface area contributed by atoms with Crippen molar-refractivity contribution in [2.24, 2.45) is 5.92 Å². The lowest BCUT2D eigenvalue weighted by Gasteiger charge is -2.26. The summed E-state index contributed by atoms with van der Waals surface area (Å²) in [7, 11) is 0. The average molecular weight is 270 g/mol. The third-order valence-electron chi connectivity index (χ3n) is 3.50. The SMILES string of the molecule is CCN(CCNCC1CCCC1)C(=O)OC(C)(C)C. The molecule has 0 aromatic rings. The lowest BCUT2D eigenvalue weighted by Crippen LogP contribution is -2.40. The number of carbonyl (C=O) groups is 1. The number of rotatable bonds is 6. The van der Waals surface area contributed by atoms with Crippen LogP contribution in [0.1, 0.15) is 53.4 Å². The highest BCUT2D eigenvalue weighted by atomic mass is 16.6. The number of amides is 1. The summed E-state index contributed by atoms with van der Waals surface area (Å²) in [5, 5.41) is 3.46. The average Bonchev–Trinajstić information content (AvgIpc) is 2.79. The topological polar surface area (TPSA) is 41.6 Å². The first-order chi connectivity index (χ1) is 8.92. The summed E-state index contributed by atoms with van der Waals surface area (Å²) in [6.07, 6.45) is 5.27. The van der Waals surface area contributed by atoms with E-state index in [1.807, 2.05) is 27.7 Å². The van der Waals surface area contributed by atoms with Crippen molar-refractivity contribution in [2.45, 2.75) is 59.0 Å². The molecule has 1 rings (SSSR count). The van der Waals surface area contributed by atoms with Gasteiger partial charge in [-0.1, -0.05) is 12.8 Å². The van der Waals surface area contributed by atoms with Crippen LogP contribution < -0.4 is 5.32 Å².